The van der Waals surface area contributed by atoms with Gasteiger partial charge in [-0.05, 0) is 18.6 Å². The summed E-state index contributed by atoms with van der Waals surface area (Å²) in [7, 11) is 0. The standard InChI is InChI=1S/C10H11FO2/c1-7(11)5-8-3-2-4-10(13)9(8)6-12/h2-4,6-7,13H,5H2,1H3/t7-/m0/s1. The summed E-state index contributed by atoms with van der Waals surface area (Å²) in [4.78, 5) is 10.5. The van der Waals surface area contributed by atoms with E-state index in [1.54, 1.807) is 12.1 Å². The van der Waals surface area contributed by atoms with Crippen LogP contribution in [-0.2, 0) is 6.42 Å². The fraction of sp³-hybridized carbons (Fsp3) is 0.300. The van der Waals surface area contributed by atoms with Crippen molar-refractivity contribution in [3.05, 3.63) is 29.3 Å². The summed E-state index contributed by atoms with van der Waals surface area (Å²) >= 11 is 0. The van der Waals surface area contributed by atoms with E-state index in [2.05, 4.69) is 0 Å². The Balaban J connectivity index is 3.05. The molecule has 0 saturated carbocycles. The lowest BCUT2D eigenvalue weighted by atomic mass is 10.0. The first-order valence-electron chi connectivity index (χ1n) is 4.05. The van der Waals surface area contributed by atoms with Crippen LogP contribution in [0, 0.1) is 0 Å². The van der Waals surface area contributed by atoms with Crippen LogP contribution in [-0.4, -0.2) is 17.6 Å². The smallest absolute Gasteiger partial charge is 0.154 e. The molecule has 1 aromatic rings. The molecule has 70 valence electrons. The normalized spacial score (nSPS) is 12.5. The van der Waals surface area contributed by atoms with Crippen molar-refractivity contribution in [2.45, 2.75) is 19.5 Å². The second kappa shape index (κ2) is 4.03. The molecule has 1 N–H and O–H groups in total. The Morgan fingerprint density at radius 3 is 2.85 bits per heavy atom. The first-order chi connectivity index (χ1) is 6.15. The van der Waals surface area contributed by atoms with Crippen LogP contribution in [0.2, 0.25) is 0 Å². The monoisotopic (exact) mass is 182 g/mol. The van der Waals surface area contributed by atoms with Crippen LogP contribution in [0.5, 0.6) is 5.75 Å². The van der Waals surface area contributed by atoms with Crippen molar-refractivity contribution in [2.24, 2.45) is 0 Å². The summed E-state index contributed by atoms with van der Waals surface area (Å²) in [6.07, 6.45) is -0.310. The maximum absolute atomic E-state index is 12.6. The predicted octanol–water partition coefficient (Wildman–Crippen LogP) is 2.11. The fourth-order valence-corrected chi connectivity index (χ4v) is 1.22. The average molecular weight is 182 g/mol. The summed E-state index contributed by atoms with van der Waals surface area (Å²) in [5, 5.41) is 9.25. The Hall–Kier alpha value is -1.38. The van der Waals surface area contributed by atoms with Crippen molar-refractivity contribution in [3.63, 3.8) is 0 Å². The second-order valence-corrected chi connectivity index (χ2v) is 2.95. The van der Waals surface area contributed by atoms with Gasteiger partial charge in [-0.15, -0.1) is 0 Å². The van der Waals surface area contributed by atoms with Crippen LogP contribution in [0.3, 0.4) is 0 Å². The number of rotatable bonds is 3. The lowest BCUT2D eigenvalue weighted by molar-refractivity contribution is 0.112. The third kappa shape index (κ3) is 2.28. The maximum atomic E-state index is 12.6. The summed E-state index contributed by atoms with van der Waals surface area (Å²) in [5.74, 6) is -0.0897. The molecular weight excluding hydrogens is 171 g/mol. The van der Waals surface area contributed by atoms with Gasteiger partial charge in [0.2, 0.25) is 0 Å². The minimum atomic E-state index is -1.01. The molecule has 0 radical (unpaired) electrons. The maximum Gasteiger partial charge on any atom is 0.154 e. The molecule has 0 aromatic heterocycles. The average Bonchev–Trinajstić information content (AvgIpc) is 2.03. The zero-order valence-corrected chi connectivity index (χ0v) is 7.33. The first-order valence-corrected chi connectivity index (χ1v) is 4.05. The number of benzene rings is 1. The summed E-state index contributed by atoms with van der Waals surface area (Å²) in [5.41, 5.74) is 0.733. The minimum Gasteiger partial charge on any atom is -0.507 e. The van der Waals surface area contributed by atoms with Gasteiger partial charge in [-0.2, -0.15) is 0 Å². The van der Waals surface area contributed by atoms with Gasteiger partial charge in [0.1, 0.15) is 11.9 Å². The van der Waals surface area contributed by atoms with E-state index in [9.17, 15) is 14.3 Å². The Kier molecular flexibility index (Phi) is 3.01. The third-order valence-electron chi connectivity index (χ3n) is 1.79. The van der Waals surface area contributed by atoms with Gasteiger partial charge in [-0.25, -0.2) is 4.39 Å². The molecule has 0 aliphatic heterocycles. The van der Waals surface area contributed by atoms with E-state index in [0.717, 1.165) is 0 Å². The van der Waals surface area contributed by atoms with Crippen LogP contribution < -0.4 is 0 Å². The van der Waals surface area contributed by atoms with Crippen molar-refractivity contribution in [2.75, 3.05) is 0 Å². The van der Waals surface area contributed by atoms with Gasteiger partial charge >= 0.3 is 0 Å². The van der Waals surface area contributed by atoms with Gasteiger partial charge in [0.05, 0.1) is 5.56 Å². The zero-order chi connectivity index (χ0) is 9.84. The highest BCUT2D eigenvalue weighted by atomic mass is 19.1. The molecule has 0 unspecified atom stereocenters. The van der Waals surface area contributed by atoms with Crippen LogP contribution >= 0.6 is 0 Å². The van der Waals surface area contributed by atoms with Crippen LogP contribution in [0.25, 0.3) is 0 Å². The van der Waals surface area contributed by atoms with E-state index in [4.69, 9.17) is 0 Å². The molecule has 1 aromatic carbocycles. The Morgan fingerprint density at radius 1 is 1.62 bits per heavy atom. The number of phenols is 1. The van der Waals surface area contributed by atoms with E-state index >= 15 is 0 Å². The molecule has 0 fully saturated rings. The lowest BCUT2D eigenvalue weighted by Gasteiger charge is -2.06. The molecule has 2 nitrogen and oxygen atoms in total. The summed E-state index contributed by atoms with van der Waals surface area (Å²) < 4.78 is 12.6. The highest BCUT2D eigenvalue weighted by Crippen LogP contribution is 2.20. The van der Waals surface area contributed by atoms with Gasteiger partial charge in [0, 0.05) is 6.42 Å². The fourth-order valence-electron chi connectivity index (χ4n) is 1.22. The lowest BCUT2D eigenvalue weighted by Crippen LogP contribution is -2.01. The van der Waals surface area contributed by atoms with E-state index in [0.29, 0.717) is 11.8 Å². The van der Waals surface area contributed by atoms with E-state index < -0.39 is 6.17 Å². The van der Waals surface area contributed by atoms with Gasteiger partial charge in [-0.1, -0.05) is 12.1 Å². The highest BCUT2D eigenvalue weighted by molar-refractivity contribution is 5.81. The molecule has 0 saturated heterocycles. The van der Waals surface area contributed by atoms with Gasteiger partial charge in [0.25, 0.3) is 0 Å². The number of alkyl halides is 1. The number of carbonyl (C=O) groups excluding carboxylic acids is 1. The molecule has 0 amide bonds. The quantitative estimate of drug-likeness (QED) is 0.727. The molecule has 0 bridgehead atoms. The van der Waals surface area contributed by atoms with Crippen molar-refractivity contribution in [1.29, 1.82) is 0 Å². The van der Waals surface area contributed by atoms with Crippen molar-refractivity contribution in [1.82, 2.24) is 0 Å². The Labute approximate surface area is 76.0 Å². The second-order valence-electron chi connectivity index (χ2n) is 2.95. The van der Waals surface area contributed by atoms with Crippen LogP contribution in [0.1, 0.15) is 22.8 Å². The molecule has 0 spiro atoms. The number of halogens is 1. The van der Waals surface area contributed by atoms with Crippen LogP contribution in [0.15, 0.2) is 18.2 Å². The topological polar surface area (TPSA) is 37.3 Å². The number of aromatic hydroxyl groups is 1. The van der Waals surface area contributed by atoms with Crippen molar-refractivity contribution >= 4 is 6.29 Å². The van der Waals surface area contributed by atoms with E-state index in [1.807, 2.05) is 0 Å². The molecule has 0 aliphatic carbocycles. The van der Waals surface area contributed by atoms with Gasteiger partial charge < -0.3 is 5.11 Å². The summed E-state index contributed by atoms with van der Waals surface area (Å²) in [6.45, 7) is 1.42. The number of hydrogen-bond acceptors (Lipinski definition) is 2. The molecule has 13 heavy (non-hydrogen) atoms. The van der Waals surface area contributed by atoms with Crippen LogP contribution in [0.4, 0.5) is 4.39 Å². The number of aldehydes is 1. The van der Waals surface area contributed by atoms with Gasteiger partial charge in [0.15, 0.2) is 6.29 Å². The molecule has 0 heterocycles. The molecule has 0 aliphatic rings. The number of carbonyl (C=O) groups is 1. The van der Waals surface area contributed by atoms with Crippen molar-refractivity contribution in [3.8, 4) is 5.75 Å². The van der Waals surface area contributed by atoms with Gasteiger partial charge in [-0.3, -0.25) is 4.79 Å². The zero-order valence-electron chi connectivity index (χ0n) is 7.33. The molecule has 1 atom stereocenters. The number of hydrogen-bond donors (Lipinski definition) is 1. The highest BCUT2D eigenvalue weighted by Gasteiger charge is 2.09. The predicted molar refractivity (Wildman–Crippen MR) is 47.8 cm³/mol. The molecular formula is C10H11FO2. The minimum absolute atomic E-state index is 0.0897. The first kappa shape index (κ1) is 9.71. The SMILES string of the molecule is C[C@H](F)Cc1cccc(O)c1C=O. The molecule has 1 rings (SSSR count). The Bertz CT molecular complexity index is 308. The van der Waals surface area contributed by atoms with E-state index in [-0.39, 0.29) is 17.7 Å². The third-order valence-corrected chi connectivity index (χ3v) is 1.79. The largest absolute Gasteiger partial charge is 0.507 e. The summed E-state index contributed by atoms with van der Waals surface area (Å²) in [6, 6.07) is 4.65. The molecule has 3 heteroatoms. The van der Waals surface area contributed by atoms with E-state index in [1.165, 1.54) is 13.0 Å². The number of phenolic OH excluding ortho intramolecular Hbond substituents is 1. The van der Waals surface area contributed by atoms with Crippen molar-refractivity contribution < 1.29 is 14.3 Å². The Morgan fingerprint density at radius 2 is 2.31 bits per heavy atom.